The molecule has 0 unspecified atom stereocenters. The zero-order valence-electron chi connectivity index (χ0n) is 11.1. The number of nitrogens with zero attached hydrogens (tertiary/aromatic N) is 2. The number of benzene rings is 1. The Bertz CT molecular complexity index is 527. The molecule has 0 radical (unpaired) electrons. The molecule has 1 aromatic rings. The maximum absolute atomic E-state index is 10.9. The Hall–Kier alpha value is -2.15. The zero-order valence-corrected chi connectivity index (χ0v) is 11.1. The second-order valence-corrected chi connectivity index (χ2v) is 4.80. The van der Waals surface area contributed by atoms with Gasteiger partial charge in [-0.25, -0.2) is 4.79 Å². The normalized spacial score (nSPS) is 14.3. The van der Waals surface area contributed by atoms with Crippen LogP contribution in [-0.2, 0) is 0 Å². The van der Waals surface area contributed by atoms with Crippen LogP contribution in [0, 0.1) is 10.1 Å². The summed E-state index contributed by atoms with van der Waals surface area (Å²) in [4.78, 5) is 23.2. The van der Waals surface area contributed by atoms with E-state index in [0.717, 1.165) is 12.6 Å². The Kier molecular flexibility index (Phi) is 4.19. The summed E-state index contributed by atoms with van der Waals surface area (Å²) in [7, 11) is 2.01. The summed E-state index contributed by atoms with van der Waals surface area (Å²) >= 11 is 0. The van der Waals surface area contributed by atoms with Gasteiger partial charge in [0, 0.05) is 12.6 Å². The third-order valence-corrected chi connectivity index (χ3v) is 3.28. The quantitative estimate of drug-likeness (QED) is 0.604. The fourth-order valence-electron chi connectivity index (χ4n) is 1.94. The lowest BCUT2D eigenvalue weighted by molar-refractivity contribution is -0.385. The average Bonchev–Trinajstić information content (AvgIpc) is 3.22. The number of hydrogen-bond donors (Lipinski definition) is 1. The largest absolute Gasteiger partial charge is 0.492 e. The number of ether oxygens (including phenoxy) is 1. The smallest absolute Gasteiger partial charge is 0.342 e. The van der Waals surface area contributed by atoms with E-state index >= 15 is 0 Å². The summed E-state index contributed by atoms with van der Waals surface area (Å²) in [6.45, 7) is 1.15. The van der Waals surface area contributed by atoms with Gasteiger partial charge in [-0.15, -0.1) is 0 Å². The van der Waals surface area contributed by atoms with Crippen molar-refractivity contribution in [1.82, 2.24) is 4.90 Å². The van der Waals surface area contributed by atoms with Gasteiger partial charge in [-0.05, 0) is 32.0 Å². The van der Waals surface area contributed by atoms with E-state index in [4.69, 9.17) is 9.84 Å². The molecule has 1 saturated carbocycles. The van der Waals surface area contributed by atoms with Gasteiger partial charge in [0.25, 0.3) is 5.69 Å². The summed E-state index contributed by atoms with van der Waals surface area (Å²) in [6.07, 6.45) is 2.41. The molecule has 0 aromatic heterocycles. The number of carboxylic acid groups (broad SMARTS) is 1. The average molecular weight is 280 g/mol. The van der Waals surface area contributed by atoms with E-state index < -0.39 is 16.6 Å². The molecule has 0 atom stereocenters. The molecule has 0 amide bonds. The van der Waals surface area contributed by atoms with Crippen molar-refractivity contribution in [3.05, 3.63) is 33.9 Å². The van der Waals surface area contributed by atoms with Gasteiger partial charge < -0.3 is 14.7 Å². The van der Waals surface area contributed by atoms with Crippen molar-refractivity contribution in [3.63, 3.8) is 0 Å². The van der Waals surface area contributed by atoms with E-state index in [0.29, 0.717) is 18.4 Å². The van der Waals surface area contributed by atoms with E-state index in [9.17, 15) is 14.9 Å². The van der Waals surface area contributed by atoms with Crippen LogP contribution in [0.5, 0.6) is 5.75 Å². The first-order chi connectivity index (χ1) is 9.49. The molecule has 1 aliphatic rings. The first-order valence-electron chi connectivity index (χ1n) is 6.34. The van der Waals surface area contributed by atoms with Crippen molar-refractivity contribution in [2.45, 2.75) is 18.9 Å². The number of hydrogen-bond acceptors (Lipinski definition) is 5. The molecule has 7 nitrogen and oxygen atoms in total. The van der Waals surface area contributed by atoms with Gasteiger partial charge in [0.05, 0.1) is 11.0 Å². The van der Waals surface area contributed by atoms with Crippen molar-refractivity contribution in [1.29, 1.82) is 0 Å². The number of likely N-dealkylation sites (N-methyl/N-ethyl adjacent to an activating group) is 1. The molecule has 0 bridgehead atoms. The predicted molar refractivity (Wildman–Crippen MR) is 71.2 cm³/mol. The van der Waals surface area contributed by atoms with Crippen molar-refractivity contribution in [3.8, 4) is 5.75 Å². The van der Waals surface area contributed by atoms with Crippen LogP contribution in [0.3, 0.4) is 0 Å². The van der Waals surface area contributed by atoms with Gasteiger partial charge in [0.2, 0.25) is 0 Å². The molecule has 1 aliphatic carbocycles. The minimum Gasteiger partial charge on any atom is -0.492 e. The monoisotopic (exact) mass is 280 g/mol. The number of nitro benzene ring substituents is 1. The Labute approximate surface area is 115 Å². The highest BCUT2D eigenvalue weighted by atomic mass is 16.6. The standard InChI is InChI=1S/C13H16N2O5/c1-14(9-2-3-9)6-7-20-10-4-5-11(13(16)17)12(8-10)15(18)19/h4-5,8-9H,2-3,6-7H2,1H3,(H,16,17). The third-order valence-electron chi connectivity index (χ3n) is 3.28. The van der Waals surface area contributed by atoms with Crippen LogP contribution in [0.4, 0.5) is 5.69 Å². The first-order valence-corrected chi connectivity index (χ1v) is 6.34. The van der Waals surface area contributed by atoms with Gasteiger partial charge in [-0.2, -0.15) is 0 Å². The lowest BCUT2D eigenvalue weighted by Gasteiger charge is -2.15. The second kappa shape index (κ2) is 5.87. The van der Waals surface area contributed by atoms with Gasteiger partial charge in [0.15, 0.2) is 0 Å². The van der Waals surface area contributed by atoms with Crippen LogP contribution in [0.1, 0.15) is 23.2 Å². The highest BCUT2D eigenvalue weighted by molar-refractivity contribution is 5.92. The molecule has 0 saturated heterocycles. The summed E-state index contributed by atoms with van der Waals surface area (Å²) in [5.41, 5.74) is -0.789. The molecule has 0 aliphatic heterocycles. The Balaban J connectivity index is 1.99. The van der Waals surface area contributed by atoms with Crippen LogP contribution >= 0.6 is 0 Å². The fraction of sp³-hybridized carbons (Fsp3) is 0.462. The topological polar surface area (TPSA) is 92.9 Å². The van der Waals surface area contributed by atoms with E-state index in [1.54, 1.807) is 0 Å². The van der Waals surface area contributed by atoms with Gasteiger partial charge in [0.1, 0.15) is 17.9 Å². The number of aromatic carboxylic acids is 1. The molecule has 0 spiro atoms. The van der Waals surface area contributed by atoms with Crippen molar-refractivity contribution in [2.24, 2.45) is 0 Å². The van der Waals surface area contributed by atoms with Crippen LogP contribution in [0.15, 0.2) is 18.2 Å². The molecular formula is C13H16N2O5. The summed E-state index contributed by atoms with van der Waals surface area (Å²) in [5.74, 6) is -1.01. The Morgan fingerprint density at radius 3 is 2.80 bits per heavy atom. The van der Waals surface area contributed by atoms with E-state index in [-0.39, 0.29) is 5.56 Å². The lowest BCUT2D eigenvalue weighted by atomic mass is 10.2. The molecule has 1 aromatic carbocycles. The predicted octanol–water partition coefficient (Wildman–Crippen LogP) is 1.77. The number of rotatable bonds is 7. The van der Waals surface area contributed by atoms with Crippen molar-refractivity contribution < 1.29 is 19.6 Å². The molecule has 0 heterocycles. The zero-order chi connectivity index (χ0) is 14.7. The van der Waals surface area contributed by atoms with Crippen LogP contribution in [0.25, 0.3) is 0 Å². The molecular weight excluding hydrogens is 264 g/mol. The van der Waals surface area contributed by atoms with Crippen LogP contribution in [-0.4, -0.2) is 47.1 Å². The Morgan fingerprint density at radius 2 is 2.25 bits per heavy atom. The van der Waals surface area contributed by atoms with E-state index in [1.807, 2.05) is 7.05 Å². The molecule has 1 fully saturated rings. The first kappa shape index (κ1) is 14.3. The molecule has 1 N–H and O–H groups in total. The van der Waals surface area contributed by atoms with Crippen molar-refractivity contribution in [2.75, 3.05) is 20.2 Å². The van der Waals surface area contributed by atoms with Gasteiger partial charge in [-0.1, -0.05) is 0 Å². The van der Waals surface area contributed by atoms with Crippen molar-refractivity contribution >= 4 is 11.7 Å². The maximum Gasteiger partial charge on any atom is 0.342 e. The van der Waals surface area contributed by atoms with Crippen LogP contribution < -0.4 is 4.74 Å². The minimum absolute atomic E-state index is 0.311. The second-order valence-electron chi connectivity index (χ2n) is 4.80. The van der Waals surface area contributed by atoms with E-state index in [1.165, 1.54) is 25.0 Å². The summed E-state index contributed by atoms with van der Waals surface area (Å²) in [5, 5.41) is 19.7. The summed E-state index contributed by atoms with van der Waals surface area (Å²) < 4.78 is 5.44. The molecule has 2 rings (SSSR count). The number of carboxylic acids is 1. The number of nitro groups is 1. The Morgan fingerprint density at radius 1 is 1.55 bits per heavy atom. The SMILES string of the molecule is CN(CCOc1ccc(C(=O)O)c([N+](=O)[O-])c1)C1CC1. The lowest BCUT2D eigenvalue weighted by Crippen LogP contribution is -2.26. The highest BCUT2D eigenvalue weighted by Gasteiger charge is 2.25. The van der Waals surface area contributed by atoms with Gasteiger partial charge >= 0.3 is 5.97 Å². The van der Waals surface area contributed by atoms with Crippen LogP contribution in [0.2, 0.25) is 0 Å². The summed E-state index contributed by atoms with van der Waals surface area (Å²) in [6, 6.07) is 4.41. The van der Waals surface area contributed by atoms with Gasteiger partial charge in [-0.3, -0.25) is 10.1 Å². The number of carbonyl (C=O) groups is 1. The highest BCUT2D eigenvalue weighted by Crippen LogP contribution is 2.26. The van der Waals surface area contributed by atoms with E-state index in [2.05, 4.69) is 4.90 Å². The molecule has 7 heteroatoms. The maximum atomic E-state index is 10.9. The molecule has 108 valence electrons. The molecule has 20 heavy (non-hydrogen) atoms. The fourth-order valence-corrected chi connectivity index (χ4v) is 1.94. The third kappa shape index (κ3) is 3.45. The minimum atomic E-state index is -1.32.